The minimum Gasteiger partial charge on any atom is -0.504 e. The lowest BCUT2D eigenvalue weighted by molar-refractivity contribution is -0.117. The van der Waals surface area contributed by atoms with Gasteiger partial charge in [-0.25, -0.2) is 5.43 Å². The molecule has 0 unspecified atom stereocenters. The standard InChI is InChI=1S/C22H18IN3O4S/c1-30-19-11-14(10-17(23)20(19)27)13-24-26-22(29)18(12-16-8-5-9-31-16)25-21(28)15-6-3-2-4-7-15/h2-13,27H,1H3,(H,25,28)(H,26,29)/b18-12+,24-13+. The highest BCUT2D eigenvalue weighted by Gasteiger charge is 2.14. The highest BCUT2D eigenvalue weighted by atomic mass is 127. The minimum atomic E-state index is -0.575. The third-order valence-electron chi connectivity index (χ3n) is 4.01. The average molecular weight is 547 g/mol. The Morgan fingerprint density at radius 3 is 2.61 bits per heavy atom. The molecule has 0 bridgehead atoms. The van der Waals surface area contributed by atoms with Gasteiger partial charge in [0.25, 0.3) is 11.8 Å². The van der Waals surface area contributed by atoms with Crippen LogP contribution in [-0.4, -0.2) is 30.2 Å². The van der Waals surface area contributed by atoms with E-state index in [0.29, 0.717) is 20.4 Å². The van der Waals surface area contributed by atoms with Crippen molar-refractivity contribution in [3.8, 4) is 11.5 Å². The van der Waals surface area contributed by atoms with Crippen LogP contribution in [0.5, 0.6) is 11.5 Å². The van der Waals surface area contributed by atoms with E-state index in [4.69, 9.17) is 4.74 Å². The first-order valence-electron chi connectivity index (χ1n) is 8.99. The fraction of sp³-hybridized carbons (Fsp3) is 0.0455. The van der Waals surface area contributed by atoms with Crippen LogP contribution in [-0.2, 0) is 4.79 Å². The van der Waals surface area contributed by atoms with E-state index in [9.17, 15) is 14.7 Å². The Morgan fingerprint density at radius 2 is 1.94 bits per heavy atom. The quantitative estimate of drug-likeness (QED) is 0.180. The largest absolute Gasteiger partial charge is 0.504 e. The lowest BCUT2D eigenvalue weighted by Gasteiger charge is -2.09. The summed E-state index contributed by atoms with van der Waals surface area (Å²) < 4.78 is 5.70. The molecule has 0 atom stereocenters. The maximum absolute atomic E-state index is 12.7. The van der Waals surface area contributed by atoms with Gasteiger partial charge < -0.3 is 15.2 Å². The molecule has 3 rings (SSSR count). The van der Waals surface area contributed by atoms with Gasteiger partial charge in [0, 0.05) is 10.4 Å². The first kappa shape index (κ1) is 22.5. The van der Waals surface area contributed by atoms with Crippen molar-refractivity contribution in [2.75, 3.05) is 7.11 Å². The second-order valence-corrected chi connectivity index (χ2v) is 8.29. The lowest BCUT2D eigenvalue weighted by Crippen LogP contribution is -2.32. The zero-order valence-electron chi connectivity index (χ0n) is 16.3. The van der Waals surface area contributed by atoms with Gasteiger partial charge in [0.2, 0.25) is 0 Å². The summed E-state index contributed by atoms with van der Waals surface area (Å²) in [6.07, 6.45) is 3.01. The number of hydrogen-bond donors (Lipinski definition) is 3. The van der Waals surface area contributed by atoms with Gasteiger partial charge >= 0.3 is 0 Å². The number of halogens is 1. The van der Waals surface area contributed by atoms with Crippen LogP contribution in [0.15, 0.2) is 70.8 Å². The van der Waals surface area contributed by atoms with Crippen molar-refractivity contribution in [1.82, 2.24) is 10.7 Å². The maximum atomic E-state index is 12.7. The molecule has 31 heavy (non-hydrogen) atoms. The average Bonchev–Trinajstić information content (AvgIpc) is 3.29. The van der Waals surface area contributed by atoms with Crippen molar-refractivity contribution in [2.45, 2.75) is 0 Å². The molecule has 0 radical (unpaired) electrons. The normalized spacial score (nSPS) is 11.4. The lowest BCUT2D eigenvalue weighted by atomic mass is 10.2. The van der Waals surface area contributed by atoms with E-state index in [0.717, 1.165) is 4.88 Å². The van der Waals surface area contributed by atoms with E-state index < -0.39 is 11.8 Å². The topological polar surface area (TPSA) is 100 Å². The van der Waals surface area contributed by atoms with Crippen LogP contribution in [0.25, 0.3) is 6.08 Å². The Balaban J connectivity index is 1.77. The van der Waals surface area contributed by atoms with Gasteiger partial charge in [-0.15, -0.1) is 11.3 Å². The van der Waals surface area contributed by atoms with Gasteiger partial charge in [0.1, 0.15) is 5.70 Å². The Morgan fingerprint density at radius 1 is 1.16 bits per heavy atom. The van der Waals surface area contributed by atoms with Gasteiger partial charge in [-0.2, -0.15) is 5.10 Å². The zero-order chi connectivity index (χ0) is 22.2. The molecular weight excluding hydrogens is 529 g/mol. The molecule has 2 aromatic carbocycles. The summed E-state index contributed by atoms with van der Waals surface area (Å²) >= 11 is 3.41. The minimum absolute atomic E-state index is 0.0362. The number of phenols is 1. The number of hydrazone groups is 1. The highest BCUT2D eigenvalue weighted by molar-refractivity contribution is 14.1. The Kier molecular flexibility index (Phi) is 7.79. The summed E-state index contributed by atoms with van der Waals surface area (Å²) in [5, 5.41) is 18.4. The molecule has 0 spiro atoms. The Labute approximate surface area is 196 Å². The van der Waals surface area contributed by atoms with Crippen LogP contribution in [0.4, 0.5) is 0 Å². The van der Waals surface area contributed by atoms with Crippen molar-refractivity contribution in [3.05, 3.63) is 85.2 Å². The molecule has 0 fully saturated rings. The number of hydrogen-bond acceptors (Lipinski definition) is 6. The summed E-state index contributed by atoms with van der Waals surface area (Å²) in [6.45, 7) is 0. The van der Waals surface area contributed by atoms with Gasteiger partial charge in [-0.05, 0) is 69.9 Å². The monoisotopic (exact) mass is 547 g/mol. The third-order valence-corrected chi connectivity index (χ3v) is 5.65. The smallest absolute Gasteiger partial charge is 0.287 e. The molecule has 1 heterocycles. The number of phenolic OH excluding ortho intramolecular Hbond substituents is 1. The van der Waals surface area contributed by atoms with Crippen LogP contribution in [0.2, 0.25) is 0 Å². The molecular formula is C22H18IN3O4S. The molecule has 9 heteroatoms. The van der Waals surface area contributed by atoms with Gasteiger partial charge in [0.05, 0.1) is 16.9 Å². The molecule has 0 saturated heterocycles. The van der Waals surface area contributed by atoms with Crippen LogP contribution in [0.1, 0.15) is 20.8 Å². The Bertz CT molecular complexity index is 1130. The van der Waals surface area contributed by atoms with Crippen LogP contribution < -0.4 is 15.5 Å². The highest BCUT2D eigenvalue weighted by Crippen LogP contribution is 2.31. The first-order valence-corrected chi connectivity index (χ1v) is 10.9. The van der Waals surface area contributed by atoms with Crippen molar-refractivity contribution in [2.24, 2.45) is 5.10 Å². The second kappa shape index (κ2) is 10.7. The number of nitrogens with one attached hydrogen (secondary N) is 2. The predicted molar refractivity (Wildman–Crippen MR) is 129 cm³/mol. The summed E-state index contributed by atoms with van der Waals surface area (Å²) in [4.78, 5) is 26.0. The number of rotatable bonds is 7. The second-order valence-electron chi connectivity index (χ2n) is 6.15. The molecule has 0 aliphatic carbocycles. The zero-order valence-corrected chi connectivity index (χ0v) is 19.3. The molecule has 7 nitrogen and oxygen atoms in total. The molecule has 158 valence electrons. The summed E-state index contributed by atoms with van der Waals surface area (Å²) in [5.74, 6) is -0.642. The van der Waals surface area contributed by atoms with Crippen molar-refractivity contribution >= 4 is 58.0 Å². The van der Waals surface area contributed by atoms with E-state index in [1.54, 1.807) is 48.5 Å². The van der Waals surface area contributed by atoms with Gasteiger partial charge in [0.15, 0.2) is 11.5 Å². The molecule has 0 aliphatic heterocycles. The SMILES string of the molecule is COc1cc(/C=N/NC(=O)/C(=C\c2cccs2)NC(=O)c2ccccc2)cc(I)c1O. The molecule has 3 aromatic rings. The molecule has 1 aromatic heterocycles. The number of ether oxygens (including phenoxy) is 1. The first-order chi connectivity index (χ1) is 15.0. The fourth-order valence-corrected chi connectivity index (χ4v) is 3.79. The van der Waals surface area contributed by atoms with Gasteiger partial charge in [-0.1, -0.05) is 24.3 Å². The maximum Gasteiger partial charge on any atom is 0.287 e. The van der Waals surface area contributed by atoms with Crippen molar-refractivity contribution < 1.29 is 19.4 Å². The molecule has 0 aliphatic rings. The van der Waals surface area contributed by atoms with E-state index in [1.165, 1.54) is 24.7 Å². The van der Waals surface area contributed by atoms with E-state index >= 15 is 0 Å². The van der Waals surface area contributed by atoms with Gasteiger partial charge in [-0.3, -0.25) is 9.59 Å². The van der Waals surface area contributed by atoms with Crippen molar-refractivity contribution in [3.63, 3.8) is 0 Å². The van der Waals surface area contributed by atoms with Crippen LogP contribution >= 0.6 is 33.9 Å². The Hall–Kier alpha value is -3.18. The number of aromatic hydroxyl groups is 1. The number of carbonyl (C=O) groups excluding carboxylic acids is 2. The fourth-order valence-electron chi connectivity index (χ4n) is 2.51. The number of carbonyl (C=O) groups is 2. The van der Waals surface area contributed by atoms with Crippen LogP contribution in [0, 0.1) is 3.57 Å². The predicted octanol–water partition coefficient (Wildman–Crippen LogP) is 3.99. The van der Waals surface area contributed by atoms with E-state index in [2.05, 4.69) is 15.8 Å². The summed E-state index contributed by atoms with van der Waals surface area (Å²) in [7, 11) is 1.45. The number of benzene rings is 2. The van der Waals surface area contributed by atoms with Crippen LogP contribution in [0.3, 0.4) is 0 Å². The molecule has 2 amide bonds. The van der Waals surface area contributed by atoms with Crippen molar-refractivity contribution in [1.29, 1.82) is 0 Å². The molecule has 0 saturated carbocycles. The summed E-state index contributed by atoms with van der Waals surface area (Å²) in [5.41, 5.74) is 3.53. The van der Waals surface area contributed by atoms with E-state index in [-0.39, 0.29) is 11.4 Å². The number of nitrogens with zero attached hydrogens (tertiary/aromatic N) is 1. The third kappa shape index (κ3) is 6.15. The number of thiophene rings is 1. The number of methoxy groups -OCH3 is 1. The van der Waals surface area contributed by atoms with E-state index in [1.807, 2.05) is 40.1 Å². The number of amides is 2. The summed E-state index contributed by atoms with van der Waals surface area (Å²) in [6, 6.07) is 15.6. The molecule has 3 N–H and O–H groups in total.